The van der Waals surface area contributed by atoms with Crippen LogP contribution < -0.4 is 15.8 Å². The third-order valence-electron chi connectivity index (χ3n) is 5.20. The molecule has 0 aliphatic carbocycles. The van der Waals surface area contributed by atoms with E-state index in [1.165, 1.54) is 24.9 Å². The van der Waals surface area contributed by atoms with Crippen molar-refractivity contribution in [2.24, 2.45) is 10.7 Å². The highest BCUT2D eigenvalue weighted by Gasteiger charge is 2.25. The number of ether oxygens (including phenoxy) is 2. The Kier molecular flexibility index (Phi) is 9.11. The predicted molar refractivity (Wildman–Crippen MR) is 133 cm³/mol. The summed E-state index contributed by atoms with van der Waals surface area (Å²) in [4.78, 5) is 22.1. The van der Waals surface area contributed by atoms with E-state index < -0.39 is 5.97 Å². The molecule has 4 N–H and O–H groups in total. The fraction of sp³-hybridized carbons (Fsp3) is 0.500. The number of thioether (sulfide) groups is 1. The van der Waals surface area contributed by atoms with Crippen LogP contribution in [0.3, 0.4) is 0 Å². The topological polar surface area (TPSA) is 145 Å². The number of cyclic esters (lactones) is 1. The monoisotopic (exact) mass is 507 g/mol. The molecule has 0 fully saturated rings. The third kappa shape index (κ3) is 6.60. The van der Waals surface area contributed by atoms with Crippen molar-refractivity contribution in [1.29, 1.82) is 0 Å². The molecule has 0 radical (unpaired) electrons. The lowest BCUT2D eigenvalue weighted by molar-refractivity contribution is 0.0496. The number of carbonyl (C=O) groups is 1. The Morgan fingerprint density at radius 1 is 1.47 bits per heavy atom. The molecule has 0 spiro atoms. The van der Waals surface area contributed by atoms with Crippen molar-refractivity contribution in [2.75, 3.05) is 19.5 Å². The molecule has 0 bridgehead atoms. The number of nitrogens with two attached hydrogens (primary N) is 1. The van der Waals surface area contributed by atoms with Gasteiger partial charge in [-0.1, -0.05) is 17.4 Å². The van der Waals surface area contributed by atoms with Gasteiger partial charge in [-0.05, 0) is 33.1 Å². The standard InChI is InChI=1S/C22H29N5O5S2/c1-12-17(30-3)8-16(28)14-10-34-11-15(21-26-18(27-32-21)9-24-13(2)23)25-19(33)6-4-5-7-31-22(29)20(12)14/h8,15,28H,4-7,9-11H2,1-3H3,(H2,23,24)(H,25,33)/t15-/m0/s1. The number of aliphatic imine (C=N–C) groups is 1. The first-order valence-corrected chi connectivity index (χ1v) is 12.4. The zero-order valence-corrected chi connectivity index (χ0v) is 21.1. The van der Waals surface area contributed by atoms with E-state index in [1.807, 2.05) is 0 Å². The van der Waals surface area contributed by atoms with Gasteiger partial charge in [-0.25, -0.2) is 4.79 Å². The van der Waals surface area contributed by atoms with Gasteiger partial charge in [-0.3, -0.25) is 4.99 Å². The molecular weight excluding hydrogens is 478 g/mol. The number of methoxy groups -OCH3 is 1. The maximum Gasteiger partial charge on any atom is 0.338 e. The van der Waals surface area contributed by atoms with Gasteiger partial charge in [-0.2, -0.15) is 16.7 Å². The van der Waals surface area contributed by atoms with Crippen LogP contribution in [-0.4, -0.2) is 51.5 Å². The average Bonchev–Trinajstić information content (AvgIpc) is 3.27. The molecule has 1 aromatic carbocycles. The molecule has 1 aromatic heterocycles. The van der Waals surface area contributed by atoms with Crippen LogP contribution in [0.15, 0.2) is 15.6 Å². The van der Waals surface area contributed by atoms with E-state index in [4.69, 9.17) is 31.9 Å². The number of thiocarbonyl (C=S) groups is 1. The van der Waals surface area contributed by atoms with Gasteiger partial charge in [0.2, 0.25) is 5.89 Å². The molecule has 3 rings (SSSR count). The van der Waals surface area contributed by atoms with Crippen LogP contribution in [0.4, 0.5) is 0 Å². The van der Waals surface area contributed by atoms with E-state index in [9.17, 15) is 9.90 Å². The van der Waals surface area contributed by atoms with Gasteiger partial charge in [0.05, 0.1) is 30.1 Å². The first-order valence-electron chi connectivity index (χ1n) is 10.8. The minimum absolute atomic E-state index is 0.0240. The Morgan fingerprint density at radius 2 is 2.26 bits per heavy atom. The van der Waals surface area contributed by atoms with Crippen LogP contribution in [0.5, 0.6) is 11.5 Å². The summed E-state index contributed by atoms with van der Waals surface area (Å²) >= 11 is 6.99. The van der Waals surface area contributed by atoms with Gasteiger partial charge in [0.25, 0.3) is 0 Å². The summed E-state index contributed by atoms with van der Waals surface area (Å²) in [5, 5.41) is 17.9. The number of aromatic hydroxyl groups is 1. The molecular formula is C22H29N5O5S2. The lowest BCUT2D eigenvalue weighted by atomic mass is 10.0. The number of phenols is 1. The number of hydrogen-bond acceptors (Lipinski definition) is 10. The summed E-state index contributed by atoms with van der Waals surface area (Å²) in [5.74, 6) is 2.02. The highest BCUT2D eigenvalue weighted by atomic mass is 32.2. The highest BCUT2D eigenvalue weighted by Crippen LogP contribution is 2.36. The molecule has 184 valence electrons. The maximum atomic E-state index is 12.9. The van der Waals surface area contributed by atoms with E-state index in [-0.39, 0.29) is 24.9 Å². The van der Waals surface area contributed by atoms with Gasteiger partial charge in [0, 0.05) is 28.7 Å². The summed E-state index contributed by atoms with van der Waals surface area (Å²) < 4.78 is 16.3. The Balaban J connectivity index is 1.88. The lowest BCUT2D eigenvalue weighted by Gasteiger charge is -2.20. The largest absolute Gasteiger partial charge is 0.507 e. The zero-order chi connectivity index (χ0) is 24.7. The number of rotatable bonds is 4. The normalized spacial score (nSPS) is 18.4. The summed E-state index contributed by atoms with van der Waals surface area (Å²) in [6.07, 6.45) is 2.03. The molecule has 0 saturated carbocycles. The van der Waals surface area contributed by atoms with E-state index >= 15 is 0 Å². The molecule has 34 heavy (non-hydrogen) atoms. The number of carbonyl (C=O) groups excluding carboxylic acids is 1. The molecule has 0 amide bonds. The number of nitrogens with zero attached hydrogens (tertiary/aromatic N) is 3. The van der Waals surface area contributed by atoms with Crippen molar-refractivity contribution in [3.05, 3.63) is 34.5 Å². The maximum absolute atomic E-state index is 12.9. The lowest BCUT2D eigenvalue weighted by Crippen LogP contribution is -2.29. The number of aromatic nitrogens is 2. The van der Waals surface area contributed by atoms with Crippen molar-refractivity contribution < 1.29 is 23.9 Å². The molecule has 2 heterocycles. The number of nitrogens with one attached hydrogen (secondary N) is 1. The Labute approximate surface area is 207 Å². The Morgan fingerprint density at radius 3 is 3.00 bits per heavy atom. The van der Waals surface area contributed by atoms with Gasteiger partial charge < -0.3 is 30.2 Å². The van der Waals surface area contributed by atoms with Gasteiger partial charge >= 0.3 is 5.97 Å². The summed E-state index contributed by atoms with van der Waals surface area (Å²) in [7, 11) is 1.50. The highest BCUT2D eigenvalue weighted by molar-refractivity contribution is 7.98. The fourth-order valence-corrected chi connectivity index (χ4v) is 4.81. The third-order valence-corrected chi connectivity index (χ3v) is 6.58. The molecule has 1 aliphatic rings. The van der Waals surface area contributed by atoms with Crippen molar-refractivity contribution in [3.8, 4) is 11.5 Å². The summed E-state index contributed by atoms with van der Waals surface area (Å²) in [5.41, 5.74) is 7.04. The Hall–Kier alpha value is -2.86. The smallest absolute Gasteiger partial charge is 0.338 e. The minimum atomic E-state index is -0.478. The van der Waals surface area contributed by atoms with Crippen molar-refractivity contribution >= 4 is 40.8 Å². The summed E-state index contributed by atoms with van der Waals surface area (Å²) in [6.45, 7) is 3.94. The van der Waals surface area contributed by atoms with E-state index in [1.54, 1.807) is 13.8 Å². The quantitative estimate of drug-likeness (QED) is 0.243. The molecule has 2 aromatic rings. The van der Waals surface area contributed by atoms with Crippen LogP contribution in [-0.2, 0) is 17.0 Å². The van der Waals surface area contributed by atoms with Crippen LogP contribution >= 0.6 is 24.0 Å². The second-order valence-electron chi connectivity index (χ2n) is 7.81. The predicted octanol–water partition coefficient (Wildman–Crippen LogP) is 3.20. The number of amidine groups is 1. The van der Waals surface area contributed by atoms with Crippen molar-refractivity contribution in [2.45, 2.75) is 51.4 Å². The van der Waals surface area contributed by atoms with Gasteiger partial charge in [-0.15, -0.1) is 0 Å². The minimum Gasteiger partial charge on any atom is -0.507 e. The van der Waals surface area contributed by atoms with Crippen LogP contribution in [0.1, 0.15) is 65.4 Å². The number of phenolic OH excluding ortho intramolecular Hbond substituents is 1. The van der Waals surface area contributed by atoms with Gasteiger partial charge in [0.1, 0.15) is 24.1 Å². The fourth-order valence-electron chi connectivity index (χ4n) is 3.44. The second-order valence-corrected chi connectivity index (χ2v) is 9.33. The van der Waals surface area contributed by atoms with Crippen LogP contribution in [0.25, 0.3) is 0 Å². The van der Waals surface area contributed by atoms with Crippen molar-refractivity contribution in [3.63, 3.8) is 0 Å². The number of benzene rings is 1. The molecule has 10 nitrogen and oxygen atoms in total. The molecule has 0 saturated heterocycles. The SMILES string of the molecule is COc1cc(O)c2c(c1C)C(=O)OCCCCC(=S)N[C@H](c1nc(CN=C(C)N)no1)CSC2. The summed E-state index contributed by atoms with van der Waals surface area (Å²) in [6, 6.07) is 1.17. The zero-order valence-electron chi connectivity index (χ0n) is 19.4. The van der Waals surface area contributed by atoms with E-state index in [0.29, 0.717) is 69.3 Å². The first kappa shape index (κ1) is 25.8. The van der Waals surface area contributed by atoms with Crippen molar-refractivity contribution in [1.82, 2.24) is 15.5 Å². The number of hydrogen-bond donors (Lipinski definition) is 3. The van der Waals surface area contributed by atoms with Crippen LogP contribution in [0, 0.1) is 6.92 Å². The van der Waals surface area contributed by atoms with E-state index in [0.717, 1.165) is 6.42 Å². The van der Waals surface area contributed by atoms with E-state index in [2.05, 4.69) is 20.4 Å². The number of fused-ring (bicyclic) bond motifs is 1. The molecule has 1 aliphatic heterocycles. The average molecular weight is 508 g/mol. The van der Waals surface area contributed by atoms with Gasteiger partial charge in [0.15, 0.2) is 5.82 Å². The van der Waals surface area contributed by atoms with Crippen LogP contribution in [0.2, 0.25) is 0 Å². The molecule has 0 unspecified atom stereocenters. The Bertz CT molecular complexity index is 1070. The molecule has 1 atom stereocenters. The number of esters is 1. The first-order chi connectivity index (χ1) is 16.3. The molecule has 12 heteroatoms. The second kappa shape index (κ2) is 12.0.